The predicted molar refractivity (Wildman–Crippen MR) is 40.6 cm³/mol. The molecule has 0 fully saturated rings. The van der Waals surface area contributed by atoms with Crippen LogP contribution in [0.3, 0.4) is 0 Å². The molecule has 1 heterocycles. The maximum Gasteiger partial charge on any atom is 0.0953 e. The number of aryl methyl sites for hydroxylation is 1. The number of nitrogens with zero attached hydrogens (tertiary/aromatic N) is 1. The van der Waals surface area contributed by atoms with Crippen molar-refractivity contribution in [2.75, 3.05) is 0 Å². The van der Waals surface area contributed by atoms with Crippen LogP contribution >= 0.6 is 0 Å². The van der Waals surface area contributed by atoms with E-state index in [2.05, 4.69) is 0 Å². The lowest BCUT2D eigenvalue weighted by Gasteiger charge is -2.03. The third-order valence-corrected chi connectivity index (χ3v) is 1.61. The van der Waals surface area contributed by atoms with Crippen LogP contribution < -0.4 is 5.73 Å². The zero-order valence-electron chi connectivity index (χ0n) is 6.37. The fourth-order valence-corrected chi connectivity index (χ4v) is 0.959. The van der Waals surface area contributed by atoms with Crippen molar-refractivity contribution in [2.45, 2.75) is 19.4 Å². The molecular formula is C8H10N2O. The van der Waals surface area contributed by atoms with Gasteiger partial charge in [-0.15, -0.1) is 0 Å². The molecule has 0 aromatic carbocycles. The van der Waals surface area contributed by atoms with Crippen LogP contribution in [0.4, 0.5) is 0 Å². The van der Waals surface area contributed by atoms with E-state index < -0.39 is 0 Å². The van der Waals surface area contributed by atoms with Gasteiger partial charge in [0, 0.05) is 11.6 Å². The fourth-order valence-electron chi connectivity index (χ4n) is 0.959. The fraction of sp³-hybridized carbons (Fsp3) is 0.375. The number of rotatable bonds is 2. The monoisotopic (exact) mass is 150 g/mol. The third kappa shape index (κ3) is 1.60. The van der Waals surface area contributed by atoms with Crippen LogP contribution in [-0.2, 0) is 0 Å². The highest BCUT2D eigenvalue weighted by Crippen LogP contribution is 2.18. The normalized spacial score (nSPS) is 12.5. The molecule has 0 bridgehead atoms. The predicted octanol–water partition coefficient (Wildman–Crippen LogP) is 1.50. The third-order valence-electron chi connectivity index (χ3n) is 1.61. The molecule has 0 saturated heterocycles. The Kier molecular flexibility index (Phi) is 2.29. The summed E-state index contributed by atoms with van der Waals surface area (Å²) in [6, 6.07) is 1.81. The van der Waals surface area contributed by atoms with Gasteiger partial charge in [0.15, 0.2) is 0 Å². The quantitative estimate of drug-likeness (QED) is 0.694. The van der Waals surface area contributed by atoms with Gasteiger partial charge in [-0.3, -0.25) is 0 Å². The van der Waals surface area contributed by atoms with E-state index in [1.165, 1.54) is 0 Å². The molecule has 1 aromatic rings. The van der Waals surface area contributed by atoms with E-state index in [9.17, 15) is 0 Å². The summed E-state index contributed by atoms with van der Waals surface area (Å²) in [5, 5.41) is 8.37. The summed E-state index contributed by atoms with van der Waals surface area (Å²) in [5.41, 5.74) is 7.60. The SMILES string of the molecule is Cc1cocc1C(N)CC#N. The molecule has 3 heteroatoms. The first-order chi connectivity index (χ1) is 5.25. The molecule has 0 aliphatic heterocycles. The average molecular weight is 150 g/mol. The minimum absolute atomic E-state index is 0.209. The van der Waals surface area contributed by atoms with Gasteiger partial charge in [-0.1, -0.05) is 0 Å². The van der Waals surface area contributed by atoms with E-state index >= 15 is 0 Å². The molecule has 2 N–H and O–H groups in total. The first-order valence-corrected chi connectivity index (χ1v) is 3.41. The molecular weight excluding hydrogens is 140 g/mol. The van der Waals surface area contributed by atoms with Gasteiger partial charge in [-0.2, -0.15) is 5.26 Å². The van der Waals surface area contributed by atoms with Crippen LogP contribution in [0.5, 0.6) is 0 Å². The summed E-state index contributed by atoms with van der Waals surface area (Å²) in [6.45, 7) is 1.91. The smallest absolute Gasteiger partial charge is 0.0953 e. The Morgan fingerprint density at radius 1 is 1.73 bits per heavy atom. The first kappa shape index (κ1) is 7.83. The Labute approximate surface area is 65.4 Å². The van der Waals surface area contributed by atoms with E-state index in [1.807, 2.05) is 13.0 Å². The van der Waals surface area contributed by atoms with Crippen molar-refractivity contribution in [3.63, 3.8) is 0 Å². The Morgan fingerprint density at radius 2 is 2.45 bits per heavy atom. The second-order valence-electron chi connectivity index (χ2n) is 2.48. The number of nitriles is 1. The Balaban J connectivity index is 2.77. The maximum absolute atomic E-state index is 8.37. The van der Waals surface area contributed by atoms with Gasteiger partial charge >= 0.3 is 0 Å². The number of hydrogen-bond donors (Lipinski definition) is 1. The summed E-state index contributed by atoms with van der Waals surface area (Å²) in [4.78, 5) is 0. The van der Waals surface area contributed by atoms with Gasteiger partial charge in [0.25, 0.3) is 0 Å². The number of hydrogen-bond acceptors (Lipinski definition) is 3. The highest BCUT2D eigenvalue weighted by atomic mass is 16.3. The van der Waals surface area contributed by atoms with Crippen LogP contribution in [0.15, 0.2) is 16.9 Å². The van der Waals surface area contributed by atoms with Crippen molar-refractivity contribution in [3.05, 3.63) is 23.7 Å². The lowest BCUT2D eigenvalue weighted by molar-refractivity contribution is 0.558. The van der Waals surface area contributed by atoms with Gasteiger partial charge in [0.05, 0.1) is 25.0 Å². The molecule has 11 heavy (non-hydrogen) atoms. The van der Waals surface area contributed by atoms with Crippen LogP contribution in [0.1, 0.15) is 23.6 Å². The van der Waals surface area contributed by atoms with Gasteiger partial charge in [0.2, 0.25) is 0 Å². The standard InChI is InChI=1S/C8H10N2O/c1-6-4-11-5-7(6)8(10)2-3-9/h4-5,8H,2,10H2,1H3. The molecule has 1 rings (SSSR count). The molecule has 0 amide bonds. The molecule has 0 radical (unpaired) electrons. The highest BCUT2D eigenvalue weighted by molar-refractivity contribution is 5.23. The van der Waals surface area contributed by atoms with E-state index in [0.717, 1.165) is 11.1 Å². The van der Waals surface area contributed by atoms with Gasteiger partial charge in [-0.25, -0.2) is 0 Å². The van der Waals surface area contributed by atoms with Crippen molar-refractivity contribution in [1.82, 2.24) is 0 Å². The zero-order valence-corrected chi connectivity index (χ0v) is 6.37. The van der Waals surface area contributed by atoms with Crippen molar-refractivity contribution in [1.29, 1.82) is 5.26 Å². The summed E-state index contributed by atoms with van der Waals surface area (Å²) < 4.78 is 4.92. The number of nitrogens with two attached hydrogens (primary N) is 1. The largest absolute Gasteiger partial charge is 0.472 e. The molecule has 1 unspecified atom stereocenters. The van der Waals surface area contributed by atoms with Crippen LogP contribution in [-0.4, -0.2) is 0 Å². The highest BCUT2D eigenvalue weighted by Gasteiger charge is 2.09. The van der Waals surface area contributed by atoms with Gasteiger partial charge in [0.1, 0.15) is 0 Å². The minimum atomic E-state index is -0.209. The van der Waals surface area contributed by atoms with E-state index in [4.69, 9.17) is 15.4 Å². The summed E-state index contributed by atoms with van der Waals surface area (Å²) >= 11 is 0. The molecule has 0 saturated carbocycles. The lowest BCUT2D eigenvalue weighted by Crippen LogP contribution is -2.09. The molecule has 0 spiro atoms. The van der Waals surface area contributed by atoms with E-state index in [0.29, 0.717) is 6.42 Å². The summed E-state index contributed by atoms with van der Waals surface area (Å²) in [6.07, 6.45) is 3.56. The second kappa shape index (κ2) is 3.22. The Hall–Kier alpha value is -1.27. The van der Waals surface area contributed by atoms with Crippen molar-refractivity contribution < 1.29 is 4.42 Å². The lowest BCUT2D eigenvalue weighted by atomic mass is 10.1. The zero-order chi connectivity index (χ0) is 8.27. The molecule has 0 aliphatic carbocycles. The maximum atomic E-state index is 8.37. The molecule has 1 aromatic heterocycles. The van der Waals surface area contributed by atoms with Gasteiger partial charge in [-0.05, 0) is 12.5 Å². The second-order valence-corrected chi connectivity index (χ2v) is 2.48. The van der Waals surface area contributed by atoms with Crippen molar-refractivity contribution >= 4 is 0 Å². The number of furan rings is 1. The van der Waals surface area contributed by atoms with Crippen molar-refractivity contribution in [3.8, 4) is 6.07 Å². The summed E-state index contributed by atoms with van der Waals surface area (Å²) in [5.74, 6) is 0. The van der Waals surface area contributed by atoms with Crippen LogP contribution in [0.2, 0.25) is 0 Å². The van der Waals surface area contributed by atoms with Crippen LogP contribution in [0, 0.1) is 18.3 Å². The Bertz CT molecular complexity index is 272. The molecule has 0 aliphatic rings. The van der Waals surface area contributed by atoms with Crippen molar-refractivity contribution in [2.24, 2.45) is 5.73 Å². The van der Waals surface area contributed by atoms with E-state index in [-0.39, 0.29) is 6.04 Å². The average Bonchev–Trinajstić information content (AvgIpc) is 2.36. The topological polar surface area (TPSA) is 62.9 Å². The molecule has 58 valence electrons. The molecule has 3 nitrogen and oxygen atoms in total. The molecule has 1 atom stereocenters. The van der Waals surface area contributed by atoms with E-state index in [1.54, 1.807) is 12.5 Å². The van der Waals surface area contributed by atoms with Gasteiger partial charge < -0.3 is 10.2 Å². The minimum Gasteiger partial charge on any atom is -0.472 e. The first-order valence-electron chi connectivity index (χ1n) is 3.41. The summed E-state index contributed by atoms with van der Waals surface area (Å²) in [7, 11) is 0. The Morgan fingerprint density at radius 3 is 2.91 bits per heavy atom. The van der Waals surface area contributed by atoms with Crippen LogP contribution in [0.25, 0.3) is 0 Å².